The molecule has 0 radical (unpaired) electrons. The molecule has 74 valence electrons. The van der Waals surface area contributed by atoms with Gasteiger partial charge >= 0.3 is 0 Å². The van der Waals surface area contributed by atoms with Crippen LogP contribution >= 0.6 is 0 Å². The highest BCUT2D eigenvalue weighted by atomic mass is 14.7. The van der Waals surface area contributed by atoms with E-state index in [1.807, 2.05) is 0 Å². The van der Waals surface area contributed by atoms with Crippen molar-refractivity contribution in [3.63, 3.8) is 0 Å². The third-order valence-electron chi connectivity index (χ3n) is 5.47. The molecule has 4 rings (SSSR count). The summed E-state index contributed by atoms with van der Waals surface area (Å²) in [6, 6.07) is 0. The summed E-state index contributed by atoms with van der Waals surface area (Å²) in [7, 11) is 0. The first-order chi connectivity index (χ1) is 6.95. The van der Waals surface area contributed by atoms with Gasteiger partial charge in [0.2, 0.25) is 0 Å². The lowest BCUT2D eigenvalue weighted by atomic mass is 9.51. The van der Waals surface area contributed by atoms with Gasteiger partial charge in [0, 0.05) is 0 Å². The Kier molecular flexibility index (Phi) is 1.40. The van der Waals surface area contributed by atoms with Crippen LogP contribution in [-0.2, 0) is 0 Å². The largest absolute Gasteiger partial charge is 0.0842 e. The first-order valence-corrected chi connectivity index (χ1v) is 6.28. The van der Waals surface area contributed by atoms with Crippen molar-refractivity contribution in [3.05, 3.63) is 24.3 Å². The predicted molar refractivity (Wildman–Crippen MR) is 57.7 cm³/mol. The van der Waals surface area contributed by atoms with E-state index in [0.717, 1.165) is 35.5 Å². The van der Waals surface area contributed by atoms with Gasteiger partial charge in [-0.2, -0.15) is 0 Å². The molecule has 4 aliphatic rings. The average Bonchev–Trinajstić information content (AvgIpc) is 2.66. The van der Waals surface area contributed by atoms with Gasteiger partial charge in [-0.25, -0.2) is 0 Å². The van der Waals surface area contributed by atoms with Crippen molar-refractivity contribution >= 4 is 0 Å². The second-order valence-corrected chi connectivity index (χ2v) is 5.78. The van der Waals surface area contributed by atoms with Crippen molar-refractivity contribution in [2.24, 2.45) is 35.5 Å². The smallest absolute Gasteiger partial charge is 0.0162 e. The summed E-state index contributed by atoms with van der Waals surface area (Å²) in [4.78, 5) is 0. The zero-order chi connectivity index (χ0) is 9.12. The van der Waals surface area contributed by atoms with Crippen LogP contribution in [0.5, 0.6) is 0 Å². The maximum atomic E-state index is 2.51. The van der Waals surface area contributed by atoms with E-state index in [1.165, 1.54) is 6.42 Å². The third-order valence-corrected chi connectivity index (χ3v) is 5.47. The first-order valence-electron chi connectivity index (χ1n) is 6.28. The average molecular weight is 186 g/mol. The molecular weight excluding hydrogens is 168 g/mol. The molecule has 0 aliphatic heterocycles. The number of fused-ring (bicyclic) bond motifs is 8. The van der Waals surface area contributed by atoms with Crippen LogP contribution < -0.4 is 0 Å². The molecule has 0 heterocycles. The van der Waals surface area contributed by atoms with E-state index in [4.69, 9.17) is 0 Å². The first kappa shape index (κ1) is 7.73. The Morgan fingerprint density at radius 1 is 0.929 bits per heavy atom. The monoisotopic (exact) mass is 186 g/mol. The normalized spacial score (nSPS) is 57.7. The lowest BCUT2D eigenvalue weighted by Crippen LogP contribution is -2.48. The van der Waals surface area contributed by atoms with Crippen molar-refractivity contribution in [2.45, 2.75) is 25.7 Å². The molecule has 4 aliphatic carbocycles. The van der Waals surface area contributed by atoms with Crippen LogP contribution in [0.1, 0.15) is 25.7 Å². The van der Waals surface area contributed by atoms with Gasteiger partial charge in [0.25, 0.3) is 0 Å². The second-order valence-electron chi connectivity index (χ2n) is 5.78. The number of hydrogen-bond acceptors (Lipinski definition) is 0. The Bertz CT molecular complexity index is 312. The van der Waals surface area contributed by atoms with Crippen LogP contribution in [0, 0.1) is 35.5 Å². The Labute approximate surface area is 86.1 Å². The van der Waals surface area contributed by atoms with Crippen molar-refractivity contribution in [1.82, 2.24) is 0 Å². The van der Waals surface area contributed by atoms with Crippen molar-refractivity contribution in [1.29, 1.82) is 0 Å². The van der Waals surface area contributed by atoms with E-state index in [9.17, 15) is 0 Å². The highest BCUT2D eigenvalue weighted by Crippen LogP contribution is 2.67. The van der Waals surface area contributed by atoms with Gasteiger partial charge in [-0.3, -0.25) is 0 Å². The SMILES string of the molecule is C1=CCC2C(C=C1)C1C3CCC(C3)C21. The van der Waals surface area contributed by atoms with Gasteiger partial charge in [0.15, 0.2) is 0 Å². The molecule has 14 heavy (non-hydrogen) atoms. The highest BCUT2D eigenvalue weighted by Gasteiger charge is 2.61. The van der Waals surface area contributed by atoms with Gasteiger partial charge in [-0.1, -0.05) is 24.3 Å². The minimum atomic E-state index is 0.963. The van der Waals surface area contributed by atoms with Crippen LogP contribution in [0.3, 0.4) is 0 Å². The summed E-state index contributed by atoms with van der Waals surface area (Å²) >= 11 is 0. The fraction of sp³-hybridized carbons (Fsp3) is 0.714. The zero-order valence-corrected chi connectivity index (χ0v) is 8.60. The molecule has 0 aromatic heterocycles. The van der Waals surface area contributed by atoms with Gasteiger partial charge < -0.3 is 0 Å². The number of allylic oxidation sites excluding steroid dienone is 4. The zero-order valence-electron chi connectivity index (χ0n) is 8.60. The molecule has 6 unspecified atom stereocenters. The molecule has 0 aromatic carbocycles. The van der Waals surface area contributed by atoms with E-state index in [0.29, 0.717) is 0 Å². The van der Waals surface area contributed by atoms with E-state index in [-0.39, 0.29) is 0 Å². The maximum Gasteiger partial charge on any atom is -0.0162 e. The van der Waals surface area contributed by atoms with Crippen LogP contribution in [0.2, 0.25) is 0 Å². The minimum absolute atomic E-state index is 0.963. The predicted octanol–water partition coefficient (Wildman–Crippen LogP) is 3.41. The van der Waals surface area contributed by atoms with Crippen molar-refractivity contribution in [2.75, 3.05) is 0 Å². The lowest BCUT2D eigenvalue weighted by Gasteiger charge is -2.53. The molecule has 0 amide bonds. The Balaban J connectivity index is 1.69. The molecule has 0 heteroatoms. The number of rotatable bonds is 0. The van der Waals surface area contributed by atoms with Gasteiger partial charge in [0.1, 0.15) is 0 Å². The second kappa shape index (κ2) is 2.53. The molecule has 0 spiro atoms. The van der Waals surface area contributed by atoms with Crippen molar-refractivity contribution < 1.29 is 0 Å². The van der Waals surface area contributed by atoms with Crippen molar-refractivity contribution in [3.8, 4) is 0 Å². The summed E-state index contributed by atoms with van der Waals surface area (Å²) in [5.41, 5.74) is 0. The maximum absolute atomic E-state index is 2.51. The number of hydrogen-bond donors (Lipinski definition) is 0. The standard InChI is InChI=1S/C14H18/c1-2-4-11-12(5-3-1)14-10-7-6-9(8-10)13(11)14/h1-4,9-14H,5-8H2. The quantitative estimate of drug-likeness (QED) is 0.544. The third kappa shape index (κ3) is 0.769. The summed E-state index contributed by atoms with van der Waals surface area (Å²) < 4.78 is 0. The molecule has 3 fully saturated rings. The van der Waals surface area contributed by atoms with Gasteiger partial charge in [0.05, 0.1) is 0 Å². The molecular formula is C14H18. The lowest BCUT2D eigenvalue weighted by molar-refractivity contribution is -0.0307. The Morgan fingerprint density at radius 3 is 2.71 bits per heavy atom. The molecule has 0 aromatic rings. The minimum Gasteiger partial charge on any atom is -0.0842 e. The summed E-state index contributed by atoms with van der Waals surface area (Å²) in [6.07, 6.45) is 15.5. The van der Waals surface area contributed by atoms with Crippen LogP contribution in [-0.4, -0.2) is 0 Å². The van der Waals surface area contributed by atoms with Gasteiger partial charge in [-0.05, 0) is 61.2 Å². The highest BCUT2D eigenvalue weighted by molar-refractivity contribution is 5.21. The molecule has 0 nitrogen and oxygen atoms in total. The molecule has 6 atom stereocenters. The Morgan fingerprint density at radius 2 is 1.79 bits per heavy atom. The van der Waals surface area contributed by atoms with E-state index < -0.39 is 0 Å². The van der Waals surface area contributed by atoms with E-state index in [2.05, 4.69) is 24.3 Å². The fourth-order valence-corrected chi connectivity index (χ4v) is 5.07. The topological polar surface area (TPSA) is 0 Å². The van der Waals surface area contributed by atoms with Gasteiger partial charge in [-0.15, -0.1) is 0 Å². The van der Waals surface area contributed by atoms with Crippen LogP contribution in [0.4, 0.5) is 0 Å². The Hall–Kier alpha value is -0.520. The van der Waals surface area contributed by atoms with Crippen LogP contribution in [0.25, 0.3) is 0 Å². The summed E-state index contributed by atoms with van der Waals surface area (Å²) in [6.45, 7) is 0. The molecule has 0 N–H and O–H groups in total. The van der Waals surface area contributed by atoms with E-state index in [1.54, 1.807) is 19.3 Å². The summed E-state index contributed by atoms with van der Waals surface area (Å²) in [5, 5.41) is 0. The van der Waals surface area contributed by atoms with Crippen LogP contribution in [0.15, 0.2) is 24.3 Å². The molecule has 0 saturated heterocycles. The molecule has 2 bridgehead atoms. The molecule has 3 saturated carbocycles. The van der Waals surface area contributed by atoms with E-state index >= 15 is 0 Å². The summed E-state index contributed by atoms with van der Waals surface area (Å²) in [5.74, 6) is 6.48. The fourth-order valence-electron chi connectivity index (χ4n) is 5.07.